The molecule has 1 saturated carbocycles. The van der Waals surface area contributed by atoms with Crippen molar-refractivity contribution in [1.82, 2.24) is 10.2 Å². The van der Waals surface area contributed by atoms with E-state index in [2.05, 4.69) is 31.1 Å². The van der Waals surface area contributed by atoms with Gasteiger partial charge in [-0.1, -0.05) is 20.8 Å². The van der Waals surface area contributed by atoms with Gasteiger partial charge in [-0.25, -0.2) is 0 Å². The molecule has 2 N–H and O–H groups in total. The smallest absolute Gasteiger partial charge is 0.323 e. The SMILES string of the molecule is CCC(CCCN(C)CC(C)C)(NC1CC1)C(=O)O. The van der Waals surface area contributed by atoms with Crippen molar-refractivity contribution in [2.75, 3.05) is 20.1 Å². The zero-order valence-electron chi connectivity index (χ0n) is 12.9. The van der Waals surface area contributed by atoms with Crippen molar-refractivity contribution in [2.45, 2.75) is 64.5 Å². The van der Waals surface area contributed by atoms with Crippen LogP contribution in [0.2, 0.25) is 0 Å². The number of nitrogens with one attached hydrogen (secondary N) is 1. The van der Waals surface area contributed by atoms with Gasteiger partial charge in [0, 0.05) is 12.6 Å². The van der Waals surface area contributed by atoms with E-state index in [0.717, 1.165) is 38.8 Å². The molecule has 0 aromatic rings. The number of carboxylic acid groups (broad SMARTS) is 1. The monoisotopic (exact) mass is 270 g/mol. The maximum Gasteiger partial charge on any atom is 0.323 e. The number of hydrogen-bond donors (Lipinski definition) is 2. The predicted octanol–water partition coefficient (Wildman–Crippen LogP) is 2.34. The summed E-state index contributed by atoms with van der Waals surface area (Å²) < 4.78 is 0. The number of carbonyl (C=O) groups is 1. The van der Waals surface area contributed by atoms with E-state index < -0.39 is 11.5 Å². The molecular weight excluding hydrogens is 240 g/mol. The predicted molar refractivity (Wildman–Crippen MR) is 78.4 cm³/mol. The number of hydrogen-bond acceptors (Lipinski definition) is 3. The van der Waals surface area contributed by atoms with E-state index in [1.807, 2.05) is 6.92 Å². The minimum absolute atomic E-state index is 0.435. The van der Waals surface area contributed by atoms with Gasteiger partial charge in [-0.15, -0.1) is 0 Å². The summed E-state index contributed by atoms with van der Waals surface area (Å²) in [5, 5.41) is 12.9. The number of nitrogens with zero attached hydrogens (tertiary/aromatic N) is 1. The minimum Gasteiger partial charge on any atom is -0.480 e. The Bertz CT molecular complexity index is 290. The molecule has 1 atom stereocenters. The summed E-state index contributed by atoms with van der Waals surface area (Å²) in [7, 11) is 2.11. The van der Waals surface area contributed by atoms with Crippen molar-refractivity contribution < 1.29 is 9.90 Å². The Kier molecular flexibility index (Phi) is 6.27. The molecular formula is C15H30N2O2. The van der Waals surface area contributed by atoms with Crippen LogP contribution in [0.3, 0.4) is 0 Å². The molecule has 1 aliphatic carbocycles. The fourth-order valence-electron chi connectivity index (χ4n) is 2.65. The molecule has 0 amide bonds. The second kappa shape index (κ2) is 7.25. The highest BCUT2D eigenvalue weighted by atomic mass is 16.4. The highest BCUT2D eigenvalue weighted by Gasteiger charge is 2.40. The van der Waals surface area contributed by atoms with Crippen molar-refractivity contribution in [3.63, 3.8) is 0 Å². The fraction of sp³-hybridized carbons (Fsp3) is 0.933. The lowest BCUT2D eigenvalue weighted by Crippen LogP contribution is -2.53. The van der Waals surface area contributed by atoms with E-state index in [4.69, 9.17) is 0 Å². The molecule has 0 aromatic heterocycles. The molecule has 1 aliphatic rings. The first-order chi connectivity index (χ1) is 8.89. The van der Waals surface area contributed by atoms with Crippen LogP contribution in [-0.4, -0.2) is 47.7 Å². The zero-order valence-corrected chi connectivity index (χ0v) is 12.9. The van der Waals surface area contributed by atoms with E-state index in [0.29, 0.717) is 18.4 Å². The molecule has 0 radical (unpaired) electrons. The lowest BCUT2D eigenvalue weighted by Gasteiger charge is -2.30. The van der Waals surface area contributed by atoms with Crippen LogP contribution in [0.25, 0.3) is 0 Å². The van der Waals surface area contributed by atoms with E-state index in [9.17, 15) is 9.90 Å². The van der Waals surface area contributed by atoms with Gasteiger partial charge in [0.05, 0.1) is 0 Å². The lowest BCUT2D eigenvalue weighted by molar-refractivity contribution is -0.145. The highest BCUT2D eigenvalue weighted by Crippen LogP contribution is 2.27. The van der Waals surface area contributed by atoms with Gasteiger partial charge < -0.3 is 10.0 Å². The van der Waals surface area contributed by atoms with Crippen molar-refractivity contribution in [1.29, 1.82) is 0 Å². The molecule has 0 aromatic carbocycles. The third kappa shape index (κ3) is 5.49. The maximum absolute atomic E-state index is 11.6. The lowest BCUT2D eigenvalue weighted by atomic mass is 9.90. The Morgan fingerprint density at radius 1 is 1.47 bits per heavy atom. The van der Waals surface area contributed by atoms with Crippen LogP contribution in [0.4, 0.5) is 0 Å². The Hall–Kier alpha value is -0.610. The molecule has 0 heterocycles. The quantitative estimate of drug-likeness (QED) is 0.640. The van der Waals surface area contributed by atoms with E-state index in [1.54, 1.807) is 0 Å². The second-order valence-corrected chi connectivity index (χ2v) is 6.42. The van der Waals surface area contributed by atoms with Gasteiger partial charge in [-0.05, 0) is 51.6 Å². The number of rotatable bonds is 10. The van der Waals surface area contributed by atoms with E-state index in [-0.39, 0.29) is 0 Å². The normalized spacial score (nSPS) is 18.8. The molecule has 4 nitrogen and oxygen atoms in total. The molecule has 0 spiro atoms. The van der Waals surface area contributed by atoms with Gasteiger partial charge in [0.2, 0.25) is 0 Å². The van der Waals surface area contributed by atoms with Crippen molar-refractivity contribution >= 4 is 5.97 Å². The largest absolute Gasteiger partial charge is 0.480 e. The first-order valence-corrected chi connectivity index (χ1v) is 7.59. The first kappa shape index (κ1) is 16.4. The molecule has 19 heavy (non-hydrogen) atoms. The molecule has 1 unspecified atom stereocenters. The van der Waals surface area contributed by atoms with Crippen LogP contribution in [0.15, 0.2) is 0 Å². The van der Waals surface area contributed by atoms with E-state index >= 15 is 0 Å². The van der Waals surface area contributed by atoms with Crippen LogP contribution < -0.4 is 5.32 Å². The van der Waals surface area contributed by atoms with Crippen molar-refractivity contribution in [3.05, 3.63) is 0 Å². The minimum atomic E-state index is -0.708. The Morgan fingerprint density at radius 2 is 2.11 bits per heavy atom. The summed E-state index contributed by atoms with van der Waals surface area (Å²) in [4.78, 5) is 13.9. The molecule has 0 bridgehead atoms. The third-order valence-electron chi connectivity index (χ3n) is 3.89. The maximum atomic E-state index is 11.6. The van der Waals surface area contributed by atoms with Crippen LogP contribution in [0.5, 0.6) is 0 Å². The average molecular weight is 270 g/mol. The average Bonchev–Trinajstić information content (AvgIpc) is 3.10. The van der Waals surface area contributed by atoms with Crippen LogP contribution in [-0.2, 0) is 4.79 Å². The van der Waals surface area contributed by atoms with Crippen LogP contribution >= 0.6 is 0 Å². The molecule has 1 rings (SSSR count). The van der Waals surface area contributed by atoms with Gasteiger partial charge >= 0.3 is 5.97 Å². The van der Waals surface area contributed by atoms with Crippen molar-refractivity contribution in [2.24, 2.45) is 5.92 Å². The van der Waals surface area contributed by atoms with Gasteiger partial charge in [-0.2, -0.15) is 0 Å². The molecule has 0 saturated heterocycles. The van der Waals surface area contributed by atoms with Gasteiger partial charge in [0.1, 0.15) is 5.54 Å². The molecule has 4 heteroatoms. The van der Waals surface area contributed by atoms with Crippen LogP contribution in [0.1, 0.15) is 52.9 Å². The molecule has 0 aliphatic heterocycles. The first-order valence-electron chi connectivity index (χ1n) is 7.59. The summed E-state index contributed by atoms with van der Waals surface area (Å²) >= 11 is 0. The number of carboxylic acids is 1. The van der Waals surface area contributed by atoms with Crippen molar-refractivity contribution in [3.8, 4) is 0 Å². The van der Waals surface area contributed by atoms with E-state index in [1.165, 1.54) is 0 Å². The summed E-state index contributed by atoms with van der Waals surface area (Å²) in [6.45, 7) is 8.43. The second-order valence-electron chi connectivity index (χ2n) is 6.42. The van der Waals surface area contributed by atoms with Gasteiger partial charge in [-0.3, -0.25) is 10.1 Å². The highest BCUT2D eigenvalue weighted by molar-refractivity contribution is 5.78. The third-order valence-corrected chi connectivity index (χ3v) is 3.89. The summed E-state index contributed by atoms with van der Waals surface area (Å²) in [6, 6.07) is 0.435. The topological polar surface area (TPSA) is 52.6 Å². The Balaban J connectivity index is 2.41. The van der Waals surface area contributed by atoms with Gasteiger partial charge in [0.15, 0.2) is 0 Å². The molecule has 112 valence electrons. The summed E-state index contributed by atoms with van der Waals surface area (Å²) in [6.07, 6.45) is 4.57. The summed E-state index contributed by atoms with van der Waals surface area (Å²) in [5.41, 5.74) is -0.708. The molecule has 1 fully saturated rings. The Morgan fingerprint density at radius 3 is 2.53 bits per heavy atom. The zero-order chi connectivity index (χ0) is 14.5. The fourth-order valence-corrected chi connectivity index (χ4v) is 2.65. The van der Waals surface area contributed by atoms with Crippen LogP contribution in [0, 0.1) is 5.92 Å². The Labute approximate surface area is 117 Å². The van der Waals surface area contributed by atoms with Gasteiger partial charge in [0.25, 0.3) is 0 Å². The standard InChI is InChI=1S/C15H30N2O2/c1-5-15(14(18)19,16-13-7-8-13)9-6-10-17(4)11-12(2)3/h12-13,16H,5-11H2,1-4H3,(H,18,19). The number of aliphatic carboxylic acids is 1. The summed E-state index contributed by atoms with van der Waals surface area (Å²) in [5.74, 6) is -0.0293.